The monoisotopic (exact) mass is 446 g/mol. The lowest BCUT2D eigenvalue weighted by atomic mass is 9.86. The molecule has 0 radical (unpaired) electrons. The van der Waals surface area contributed by atoms with Gasteiger partial charge in [-0.25, -0.2) is 14.8 Å². The van der Waals surface area contributed by atoms with E-state index in [0.717, 1.165) is 55.5 Å². The van der Waals surface area contributed by atoms with Crippen molar-refractivity contribution in [1.82, 2.24) is 9.97 Å². The van der Waals surface area contributed by atoms with Crippen molar-refractivity contribution in [2.45, 2.75) is 37.4 Å². The van der Waals surface area contributed by atoms with Gasteiger partial charge in [0, 0.05) is 31.2 Å². The molecule has 6 nitrogen and oxygen atoms in total. The first-order valence-electron chi connectivity index (χ1n) is 11.6. The molecule has 0 unspecified atom stereocenters. The molecule has 3 aromatic rings. The van der Waals surface area contributed by atoms with Gasteiger partial charge in [0.25, 0.3) is 0 Å². The standard InChI is InChI=1S/C27H32N3O3/c1-30(18-8-13-24-14-17-28-21-29-24)19-15-25(16-20-30)33-26(31)27(32,22-9-4-2-5-10-22)23-11-6-3-7-12-23/h2-7,9-12,14,17,21,25,32H,8,13,15-16,18-20H2,1H3/q+1. The number of carbonyl (C=O) groups excluding carboxylic acids is 1. The van der Waals surface area contributed by atoms with Crippen LogP contribution in [0.5, 0.6) is 0 Å². The predicted molar refractivity (Wildman–Crippen MR) is 126 cm³/mol. The molecule has 2 heterocycles. The Hall–Kier alpha value is -3.09. The average molecular weight is 447 g/mol. The van der Waals surface area contributed by atoms with Crippen molar-refractivity contribution in [3.8, 4) is 0 Å². The van der Waals surface area contributed by atoms with Gasteiger partial charge in [0.05, 0.1) is 26.7 Å². The maximum atomic E-state index is 13.3. The summed E-state index contributed by atoms with van der Waals surface area (Å²) >= 11 is 0. The Morgan fingerprint density at radius 3 is 2.18 bits per heavy atom. The first-order valence-corrected chi connectivity index (χ1v) is 11.6. The number of likely N-dealkylation sites (tertiary alicyclic amines) is 1. The number of hydrogen-bond acceptors (Lipinski definition) is 5. The number of esters is 1. The number of aryl methyl sites for hydroxylation is 1. The lowest BCUT2D eigenvalue weighted by molar-refractivity contribution is -0.915. The van der Waals surface area contributed by atoms with Crippen LogP contribution < -0.4 is 0 Å². The number of benzene rings is 2. The molecule has 0 saturated carbocycles. The molecule has 1 aromatic heterocycles. The van der Waals surface area contributed by atoms with Crippen LogP contribution in [0.4, 0.5) is 0 Å². The summed E-state index contributed by atoms with van der Waals surface area (Å²) in [5.41, 5.74) is 0.279. The van der Waals surface area contributed by atoms with Crippen LogP contribution in [0.25, 0.3) is 0 Å². The highest BCUT2D eigenvalue weighted by Crippen LogP contribution is 2.32. The van der Waals surface area contributed by atoms with E-state index in [1.807, 2.05) is 42.5 Å². The molecule has 1 saturated heterocycles. The summed E-state index contributed by atoms with van der Waals surface area (Å²) < 4.78 is 6.88. The van der Waals surface area contributed by atoms with Gasteiger partial charge in [0.1, 0.15) is 12.4 Å². The second-order valence-electron chi connectivity index (χ2n) is 9.14. The molecule has 0 amide bonds. The van der Waals surface area contributed by atoms with E-state index in [-0.39, 0.29) is 6.10 Å². The van der Waals surface area contributed by atoms with Gasteiger partial charge < -0.3 is 14.3 Å². The van der Waals surface area contributed by atoms with E-state index in [4.69, 9.17) is 4.74 Å². The lowest BCUT2D eigenvalue weighted by Crippen LogP contribution is -2.52. The fourth-order valence-corrected chi connectivity index (χ4v) is 4.61. The van der Waals surface area contributed by atoms with Crippen molar-refractivity contribution in [3.63, 3.8) is 0 Å². The summed E-state index contributed by atoms with van der Waals surface area (Å²) in [5, 5.41) is 11.6. The number of aliphatic hydroxyl groups is 1. The fourth-order valence-electron chi connectivity index (χ4n) is 4.61. The van der Waals surface area contributed by atoms with Crippen LogP contribution in [0.1, 0.15) is 36.1 Å². The molecule has 1 fully saturated rings. The summed E-state index contributed by atoms with van der Waals surface area (Å²) in [6, 6.07) is 20.0. The molecular formula is C27H32N3O3+. The number of aromatic nitrogens is 2. The van der Waals surface area contributed by atoms with E-state index in [2.05, 4.69) is 17.0 Å². The van der Waals surface area contributed by atoms with Gasteiger partial charge in [-0.05, 0) is 23.6 Å². The third-order valence-electron chi connectivity index (χ3n) is 6.71. The molecule has 172 valence electrons. The summed E-state index contributed by atoms with van der Waals surface area (Å²) in [7, 11) is 2.27. The number of nitrogens with zero attached hydrogens (tertiary/aromatic N) is 3. The lowest BCUT2D eigenvalue weighted by Gasteiger charge is -2.41. The van der Waals surface area contributed by atoms with Crippen LogP contribution in [0, 0.1) is 0 Å². The van der Waals surface area contributed by atoms with Crippen LogP contribution in [-0.2, 0) is 21.6 Å². The second-order valence-corrected chi connectivity index (χ2v) is 9.14. The van der Waals surface area contributed by atoms with Gasteiger partial charge in [-0.1, -0.05) is 60.7 Å². The van der Waals surface area contributed by atoms with E-state index in [9.17, 15) is 9.90 Å². The van der Waals surface area contributed by atoms with Gasteiger partial charge in [0.2, 0.25) is 5.60 Å². The smallest absolute Gasteiger partial charge is 0.347 e. The minimum Gasteiger partial charge on any atom is -0.459 e. The molecule has 1 N–H and O–H groups in total. The van der Waals surface area contributed by atoms with Crippen molar-refractivity contribution >= 4 is 5.97 Å². The van der Waals surface area contributed by atoms with Crippen LogP contribution in [0.3, 0.4) is 0 Å². The predicted octanol–water partition coefficient (Wildman–Crippen LogP) is 3.50. The third kappa shape index (κ3) is 5.46. The summed E-state index contributed by atoms with van der Waals surface area (Å²) in [6.45, 7) is 2.94. The number of rotatable bonds is 8. The van der Waals surface area contributed by atoms with Crippen LogP contribution in [0.15, 0.2) is 79.3 Å². The minimum absolute atomic E-state index is 0.190. The van der Waals surface area contributed by atoms with Crippen molar-refractivity contribution in [2.75, 3.05) is 26.7 Å². The molecule has 0 spiro atoms. The Morgan fingerprint density at radius 2 is 1.64 bits per heavy atom. The van der Waals surface area contributed by atoms with Gasteiger partial charge in [0.15, 0.2) is 0 Å². The second kappa shape index (κ2) is 10.2. The molecule has 0 bridgehead atoms. The molecule has 0 aliphatic carbocycles. The van der Waals surface area contributed by atoms with E-state index in [1.54, 1.807) is 36.8 Å². The Kier molecular flexibility index (Phi) is 7.16. The molecule has 33 heavy (non-hydrogen) atoms. The maximum absolute atomic E-state index is 13.3. The first-order chi connectivity index (χ1) is 16.0. The summed E-state index contributed by atoms with van der Waals surface area (Å²) in [4.78, 5) is 21.6. The van der Waals surface area contributed by atoms with Gasteiger partial charge >= 0.3 is 5.97 Å². The van der Waals surface area contributed by atoms with Crippen molar-refractivity contribution in [2.24, 2.45) is 0 Å². The zero-order chi connectivity index (χ0) is 23.2. The molecule has 1 aliphatic heterocycles. The van der Waals surface area contributed by atoms with Crippen LogP contribution in [-0.4, -0.2) is 58.3 Å². The molecule has 2 aromatic carbocycles. The van der Waals surface area contributed by atoms with Crippen LogP contribution in [0.2, 0.25) is 0 Å². The topological polar surface area (TPSA) is 72.3 Å². The van der Waals surface area contributed by atoms with Crippen molar-refractivity contribution < 1.29 is 19.1 Å². The Labute approximate surface area is 195 Å². The number of carbonyl (C=O) groups is 1. The van der Waals surface area contributed by atoms with E-state index in [0.29, 0.717) is 11.1 Å². The zero-order valence-electron chi connectivity index (χ0n) is 19.1. The Bertz CT molecular complexity index is 981. The van der Waals surface area contributed by atoms with Gasteiger partial charge in [-0.3, -0.25) is 0 Å². The normalized spacial score (nSPS) is 20.8. The molecule has 6 heteroatoms. The largest absolute Gasteiger partial charge is 0.459 e. The quantitative estimate of drug-likeness (QED) is 0.424. The third-order valence-corrected chi connectivity index (χ3v) is 6.71. The number of quaternary nitrogens is 1. The van der Waals surface area contributed by atoms with E-state index >= 15 is 0 Å². The number of hydrogen-bond donors (Lipinski definition) is 1. The summed E-state index contributed by atoms with van der Waals surface area (Å²) in [6.07, 6.45) is 6.76. The Balaban J connectivity index is 1.37. The van der Waals surface area contributed by atoms with Crippen molar-refractivity contribution in [1.29, 1.82) is 0 Å². The summed E-state index contributed by atoms with van der Waals surface area (Å²) in [5.74, 6) is -0.607. The SMILES string of the molecule is C[N+]1(CCCc2ccncn2)CCC(OC(=O)C(O)(c2ccccc2)c2ccccc2)CC1. The highest BCUT2D eigenvalue weighted by atomic mass is 16.6. The highest BCUT2D eigenvalue weighted by molar-refractivity contribution is 5.85. The van der Waals surface area contributed by atoms with E-state index < -0.39 is 11.6 Å². The average Bonchev–Trinajstić information content (AvgIpc) is 2.87. The molecule has 4 rings (SSSR count). The zero-order valence-corrected chi connectivity index (χ0v) is 19.1. The van der Waals surface area contributed by atoms with Gasteiger partial charge in [-0.15, -0.1) is 0 Å². The van der Waals surface area contributed by atoms with Crippen molar-refractivity contribution in [3.05, 3.63) is 96.1 Å². The minimum atomic E-state index is -1.82. The maximum Gasteiger partial charge on any atom is 0.347 e. The Morgan fingerprint density at radius 1 is 1.03 bits per heavy atom. The van der Waals surface area contributed by atoms with E-state index in [1.165, 1.54) is 0 Å². The van der Waals surface area contributed by atoms with Gasteiger partial charge in [-0.2, -0.15) is 0 Å². The first kappa shape index (κ1) is 23.1. The molecule has 1 aliphatic rings. The number of ether oxygens (including phenoxy) is 1. The molecule has 0 atom stereocenters. The fraction of sp³-hybridized carbons (Fsp3) is 0.370. The van der Waals surface area contributed by atoms with Crippen LogP contribution >= 0.6 is 0 Å². The number of piperidine rings is 1. The molecular weight excluding hydrogens is 414 g/mol. The highest BCUT2D eigenvalue weighted by Gasteiger charge is 2.43.